The van der Waals surface area contributed by atoms with Crippen molar-refractivity contribution < 1.29 is 14.5 Å². The fraction of sp³-hybridized carbons (Fsp3) is 0.364. The van der Waals surface area contributed by atoms with E-state index in [-0.39, 0.29) is 11.8 Å². The van der Waals surface area contributed by atoms with Gasteiger partial charge in [-0.3, -0.25) is 14.5 Å². The van der Waals surface area contributed by atoms with Gasteiger partial charge in [-0.05, 0) is 39.0 Å². The van der Waals surface area contributed by atoms with Crippen molar-refractivity contribution in [2.24, 2.45) is 0 Å². The number of non-ortho nitro benzene ring substituents is 1. The summed E-state index contributed by atoms with van der Waals surface area (Å²) in [6.45, 7) is 8.23. The van der Waals surface area contributed by atoms with Crippen LogP contribution < -0.4 is 4.90 Å². The lowest BCUT2D eigenvalue weighted by atomic mass is 10.1. The molecule has 3 aromatic rings. The number of pyridine rings is 1. The van der Waals surface area contributed by atoms with Crippen LogP contribution in [0.15, 0.2) is 48.8 Å². The molecule has 9 heteroatoms. The van der Waals surface area contributed by atoms with Crippen LogP contribution in [0.1, 0.15) is 20.8 Å². The van der Waals surface area contributed by atoms with Gasteiger partial charge in [-0.1, -0.05) is 0 Å². The Morgan fingerprint density at radius 3 is 2.39 bits per heavy atom. The summed E-state index contributed by atoms with van der Waals surface area (Å²) in [5.74, 6) is 0. The molecule has 9 nitrogen and oxygen atoms in total. The number of hydrogen-bond acceptors (Lipinski definition) is 6. The molecule has 4 rings (SSSR count). The number of anilines is 1. The number of carbonyl (C=O) groups excluding carboxylic acids is 1. The van der Waals surface area contributed by atoms with Crippen molar-refractivity contribution >= 4 is 23.1 Å². The van der Waals surface area contributed by atoms with Crippen molar-refractivity contribution in [3.8, 4) is 11.3 Å². The van der Waals surface area contributed by atoms with Crippen LogP contribution in [0.5, 0.6) is 0 Å². The van der Waals surface area contributed by atoms with Crippen molar-refractivity contribution in [2.45, 2.75) is 26.4 Å². The fourth-order valence-corrected chi connectivity index (χ4v) is 3.61. The van der Waals surface area contributed by atoms with Crippen molar-refractivity contribution in [3.63, 3.8) is 0 Å². The number of fused-ring (bicyclic) bond motifs is 1. The number of hydrogen-bond donors (Lipinski definition) is 0. The molecule has 2 aromatic heterocycles. The molecule has 0 saturated carbocycles. The monoisotopic (exact) mass is 423 g/mol. The van der Waals surface area contributed by atoms with E-state index in [1.54, 1.807) is 23.2 Å². The Labute approximate surface area is 180 Å². The maximum Gasteiger partial charge on any atom is 0.410 e. The van der Waals surface area contributed by atoms with E-state index >= 15 is 0 Å². The molecule has 0 unspecified atom stereocenters. The van der Waals surface area contributed by atoms with Gasteiger partial charge in [0.2, 0.25) is 0 Å². The van der Waals surface area contributed by atoms with Crippen LogP contribution in [-0.4, -0.2) is 57.1 Å². The van der Waals surface area contributed by atoms with Gasteiger partial charge < -0.3 is 14.5 Å². The number of aromatic nitrogens is 2. The molecule has 0 spiro atoms. The molecule has 3 heterocycles. The summed E-state index contributed by atoms with van der Waals surface area (Å²) in [6, 6.07) is 10.5. The smallest absolute Gasteiger partial charge is 0.410 e. The van der Waals surface area contributed by atoms with Crippen molar-refractivity contribution in [1.82, 2.24) is 14.3 Å². The molecule has 0 aliphatic carbocycles. The average molecular weight is 423 g/mol. The average Bonchev–Trinajstić information content (AvgIpc) is 3.16. The Bertz CT molecular complexity index is 1110. The van der Waals surface area contributed by atoms with E-state index in [2.05, 4.69) is 9.88 Å². The number of nitro groups is 1. The lowest BCUT2D eigenvalue weighted by Crippen LogP contribution is -2.50. The highest BCUT2D eigenvalue weighted by Gasteiger charge is 2.26. The molecule has 162 valence electrons. The van der Waals surface area contributed by atoms with E-state index < -0.39 is 10.5 Å². The topological polar surface area (TPSA) is 93.2 Å². The largest absolute Gasteiger partial charge is 0.444 e. The first kappa shape index (κ1) is 20.6. The molecule has 1 fully saturated rings. The third-order valence-electron chi connectivity index (χ3n) is 5.17. The number of benzene rings is 1. The first-order valence-electron chi connectivity index (χ1n) is 10.2. The molecule has 0 radical (unpaired) electrons. The Morgan fingerprint density at radius 2 is 1.77 bits per heavy atom. The van der Waals surface area contributed by atoms with Crippen LogP contribution in [0.4, 0.5) is 16.2 Å². The van der Waals surface area contributed by atoms with Crippen molar-refractivity contribution in [1.29, 1.82) is 0 Å². The predicted molar refractivity (Wildman–Crippen MR) is 117 cm³/mol. The molecule has 1 saturated heterocycles. The van der Waals surface area contributed by atoms with Gasteiger partial charge in [-0.15, -0.1) is 0 Å². The molecular weight excluding hydrogens is 398 g/mol. The zero-order valence-corrected chi connectivity index (χ0v) is 17.8. The molecule has 1 aliphatic rings. The second-order valence-corrected chi connectivity index (χ2v) is 8.52. The summed E-state index contributed by atoms with van der Waals surface area (Å²) < 4.78 is 7.42. The van der Waals surface area contributed by atoms with Crippen LogP contribution in [0.2, 0.25) is 0 Å². The molecule has 1 aromatic carbocycles. The normalized spacial score (nSPS) is 14.7. The van der Waals surface area contributed by atoms with Gasteiger partial charge in [0.1, 0.15) is 11.2 Å². The lowest BCUT2D eigenvalue weighted by Gasteiger charge is -2.36. The summed E-state index contributed by atoms with van der Waals surface area (Å²) in [6.07, 6.45) is 3.44. The van der Waals surface area contributed by atoms with Crippen LogP contribution in [0, 0.1) is 10.1 Å². The minimum Gasteiger partial charge on any atom is -0.444 e. The Morgan fingerprint density at radius 1 is 1.10 bits per heavy atom. The number of piperazine rings is 1. The molecular formula is C22H25N5O4. The van der Waals surface area contributed by atoms with Crippen molar-refractivity contribution in [3.05, 3.63) is 58.9 Å². The van der Waals surface area contributed by atoms with Crippen LogP contribution in [0.25, 0.3) is 16.9 Å². The highest BCUT2D eigenvalue weighted by Crippen LogP contribution is 2.26. The Hall–Kier alpha value is -3.62. The molecule has 0 bridgehead atoms. The second kappa shape index (κ2) is 7.90. The molecule has 1 amide bonds. The van der Waals surface area contributed by atoms with E-state index in [1.165, 1.54) is 12.1 Å². The van der Waals surface area contributed by atoms with Crippen LogP contribution in [-0.2, 0) is 4.74 Å². The highest BCUT2D eigenvalue weighted by molar-refractivity contribution is 5.69. The van der Waals surface area contributed by atoms with Crippen molar-refractivity contribution in [2.75, 3.05) is 31.1 Å². The number of imidazole rings is 1. The standard InChI is InChI=1S/C22H25N5O4/c1-22(2,3)31-21(28)25-12-10-24(11-13-25)18-8-9-26-19(15-23-20(26)14-18)16-4-6-17(7-5-16)27(29)30/h4-9,14-15H,10-13H2,1-3H3. The zero-order chi connectivity index (χ0) is 22.2. The summed E-state index contributed by atoms with van der Waals surface area (Å²) in [5, 5.41) is 10.9. The van der Waals surface area contributed by atoms with Gasteiger partial charge in [0.15, 0.2) is 0 Å². The van der Waals surface area contributed by atoms with Gasteiger partial charge in [-0.25, -0.2) is 9.78 Å². The SMILES string of the molecule is CC(C)(C)OC(=O)N1CCN(c2ccn3c(-c4ccc([N+](=O)[O-])cc4)cnc3c2)CC1. The minimum atomic E-state index is -0.499. The fourth-order valence-electron chi connectivity index (χ4n) is 3.61. The van der Waals surface area contributed by atoms with Gasteiger partial charge in [-0.2, -0.15) is 0 Å². The maximum atomic E-state index is 12.3. The summed E-state index contributed by atoms with van der Waals surface area (Å²) >= 11 is 0. The van der Waals surface area contributed by atoms with Gasteiger partial charge in [0, 0.05) is 61.8 Å². The number of amides is 1. The quantitative estimate of drug-likeness (QED) is 0.467. The molecule has 0 N–H and O–H groups in total. The highest BCUT2D eigenvalue weighted by atomic mass is 16.6. The van der Waals surface area contributed by atoms with E-state index in [9.17, 15) is 14.9 Å². The van der Waals surface area contributed by atoms with Gasteiger partial charge in [0.25, 0.3) is 5.69 Å². The first-order chi connectivity index (χ1) is 14.7. The molecule has 0 atom stereocenters. The summed E-state index contributed by atoms with van der Waals surface area (Å²) in [5.41, 5.74) is 3.12. The number of rotatable bonds is 3. The zero-order valence-electron chi connectivity index (χ0n) is 17.8. The number of nitro benzene ring substituents is 1. The van der Waals surface area contributed by atoms with E-state index in [0.717, 1.165) is 22.6 Å². The summed E-state index contributed by atoms with van der Waals surface area (Å²) in [7, 11) is 0. The van der Waals surface area contributed by atoms with E-state index in [4.69, 9.17) is 4.74 Å². The van der Waals surface area contributed by atoms with Crippen LogP contribution in [0.3, 0.4) is 0 Å². The number of carbonyl (C=O) groups is 1. The molecule has 1 aliphatic heterocycles. The number of ether oxygens (including phenoxy) is 1. The van der Waals surface area contributed by atoms with Gasteiger partial charge >= 0.3 is 6.09 Å². The first-order valence-corrected chi connectivity index (χ1v) is 10.2. The summed E-state index contributed by atoms with van der Waals surface area (Å²) in [4.78, 5) is 31.2. The second-order valence-electron chi connectivity index (χ2n) is 8.52. The number of nitrogens with zero attached hydrogens (tertiary/aromatic N) is 5. The third kappa shape index (κ3) is 4.45. The Kier molecular flexibility index (Phi) is 5.26. The van der Waals surface area contributed by atoms with E-state index in [1.807, 2.05) is 43.5 Å². The lowest BCUT2D eigenvalue weighted by molar-refractivity contribution is -0.384. The minimum absolute atomic E-state index is 0.0605. The van der Waals surface area contributed by atoms with Crippen LogP contribution >= 0.6 is 0 Å². The molecule has 31 heavy (non-hydrogen) atoms. The Balaban J connectivity index is 1.47. The third-order valence-corrected chi connectivity index (χ3v) is 5.17. The van der Waals surface area contributed by atoms with Gasteiger partial charge in [0.05, 0.1) is 16.8 Å². The maximum absolute atomic E-state index is 12.3. The van der Waals surface area contributed by atoms with E-state index in [0.29, 0.717) is 26.2 Å². The predicted octanol–water partition coefficient (Wildman–Crippen LogP) is 3.97.